The van der Waals surface area contributed by atoms with Gasteiger partial charge < -0.3 is 17.7 Å². The van der Waals surface area contributed by atoms with Crippen LogP contribution in [0.15, 0.2) is 95.1 Å². The number of rotatable bonds is 20. The molecule has 0 atom stereocenters. The van der Waals surface area contributed by atoms with Crippen LogP contribution >= 0.6 is 0 Å². The first-order valence-corrected chi connectivity index (χ1v) is 48.3. The lowest BCUT2D eigenvalue weighted by atomic mass is 10.0. The molecule has 12 heteroatoms. The summed E-state index contributed by atoms with van der Waals surface area (Å²) in [5, 5.41) is -0.00792. The van der Waals surface area contributed by atoms with Gasteiger partial charge in [-0.3, -0.25) is 0 Å². The second kappa shape index (κ2) is 29.2. The van der Waals surface area contributed by atoms with Crippen molar-refractivity contribution in [1.82, 2.24) is 9.97 Å². The number of hydrogen-bond acceptors (Lipinski definition) is 6. The van der Waals surface area contributed by atoms with Gasteiger partial charge in [0.05, 0.1) is 48.9 Å². The quantitative estimate of drug-likeness (QED) is 0.0649. The first kappa shape index (κ1) is 72.3. The maximum atomic E-state index is 7.13. The van der Waals surface area contributed by atoms with Gasteiger partial charge >= 0.3 is 0 Å². The first-order chi connectivity index (χ1) is 38.8. The molecule has 0 amide bonds. The largest absolute Gasteiger partial charge is 0.412 e. The van der Waals surface area contributed by atoms with Crippen LogP contribution in [0.1, 0.15) is 136 Å². The fraction of sp³-hybridized carbons (Fsp3) is 0.556. The van der Waals surface area contributed by atoms with Gasteiger partial charge in [-0.2, -0.15) is 0 Å². The summed E-state index contributed by atoms with van der Waals surface area (Å²) in [6.07, 6.45) is 0. The molecular formula is C72H110N2O4Si6. The smallest absolute Gasteiger partial charge is 0.192 e. The second-order valence-corrected chi connectivity index (χ2v) is 58.4. The fourth-order valence-corrected chi connectivity index (χ4v) is 17.0. The molecule has 0 aliphatic carbocycles. The molecule has 1 aromatic heterocycles. The summed E-state index contributed by atoms with van der Waals surface area (Å²) in [5.41, 5.74) is 17.7. The lowest BCUT2D eigenvalue weighted by molar-refractivity contribution is 0.308. The van der Waals surface area contributed by atoms with Crippen LogP contribution in [0.25, 0.3) is 33.5 Å². The zero-order chi connectivity index (χ0) is 63.4. The number of fused-ring (bicyclic) bond motifs is 1. The molecule has 0 aliphatic rings. The van der Waals surface area contributed by atoms with Crippen LogP contribution in [0, 0.1) is 46.6 Å². The van der Waals surface area contributed by atoms with Gasteiger partial charge in [-0.05, 0) is 121 Å². The van der Waals surface area contributed by atoms with Gasteiger partial charge in [0.15, 0.2) is 33.3 Å². The van der Waals surface area contributed by atoms with E-state index in [0.717, 1.165) is 92.2 Å². The predicted molar refractivity (Wildman–Crippen MR) is 381 cm³/mol. The number of aromatic nitrogens is 2. The molecule has 0 radical (unpaired) electrons. The molecular weight excluding hydrogens is 1130 g/mol. The third-order valence-corrected chi connectivity index (χ3v) is 47.2. The van der Waals surface area contributed by atoms with Gasteiger partial charge in [0.2, 0.25) is 0 Å². The Morgan fingerprint density at radius 1 is 0.357 bits per heavy atom. The van der Waals surface area contributed by atoms with Crippen molar-refractivity contribution in [3.63, 3.8) is 0 Å². The molecule has 1 heterocycles. The summed E-state index contributed by atoms with van der Waals surface area (Å²) in [4.78, 5) is 11.3. The molecule has 0 fully saturated rings. The van der Waals surface area contributed by atoms with Crippen LogP contribution in [0.2, 0.25) is 109 Å². The molecule has 3 aromatic carbocycles. The highest BCUT2D eigenvalue weighted by molar-refractivity contribution is 6.87. The molecule has 0 spiro atoms. The number of hydrogen-bond donors (Lipinski definition) is 0. The van der Waals surface area contributed by atoms with Crippen LogP contribution in [0.3, 0.4) is 0 Å². The second-order valence-electron chi connectivity index (χ2n) is 29.3. The highest BCUT2D eigenvalue weighted by Crippen LogP contribution is 2.41. The van der Waals surface area contributed by atoms with Crippen LogP contribution in [-0.2, 0) is 17.7 Å². The van der Waals surface area contributed by atoms with Crippen molar-refractivity contribution in [1.29, 1.82) is 0 Å². The van der Waals surface area contributed by atoms with E-state index in [0.29, 0.717) is 37.5 Å². The maximum absolute atomic E-state index is 7.13. The number of nitrogens with zero attached hydrogens (tertiary/aromatic N) is 2. The molecule has 0 unspecified atom stereocenters. The highest BCUT2D eigenvalue weighted by atomic mass is 28.4. The molecule has 84 heavy (non-hydrogen) atoms. The van der Waals surface area contributed by atoms with Gasteiger partial charge in [-0.25, -0.2) is 9.97 Å². The van der Waals surface area contributed by atoms with E-state index in [1.807, 2.05) is 12.1 Å². The fourth-order valence-electron chi connectivity index (χ4n) is 8.33. The monoisotopic (exact) mass is 1230 g/mol. The lowest BCUT2D eigenvalue weighted by Crippen LogP contribution is -2.42. The third kappa shape index (κ3) is 18.7. The Kier molecular flexibility index (Phi) is 25.2. The average molecular weight is 1240 g/mol. The molecule has 0 saturated carbocycles. The van der Waals surface area contributed by atoms with Crippen molar-refractivity contribution in [2.24, 2.45) is 0 Å². The Labute approximate surface area is 519 Å². The lowest BCUT2D eigenvalue weighted by Gasteiger charge is -2.37. The molecule has 456 valence electrons. The summed E-state index contributed by atoms with van der Waals surface area (Å²) in [6, 6.07) is 31.5. The molecule has 0 N–H and O–H groups in total. The van der Waals surface area contributed by atoms with Gasteiger partial charge in [0.1, 0.15) is 27.2 Å². The minimum Gasteiger partial charge on any atom is -0.412 e. The highest BCUT2D eigenvalue weighted by Gasteiger charge is 2.41. The summed E-state index contributed by atoms with van der Waals surface area (Å²) in [5.74, 6) is 22.6. The Bertz CT molecular complexity index is 2970. The van der Waals surface area contributed by atoms with Crippen molar-refractivity contribution in [2.45, 2.75) is 233 Å². The molecule has 4 aromatic rings. The topological polar surface area (TPSA) is 62.7 Å². The Morgan fingerprint density at radius 2 is 0.595 bits per heavy atom. The maximum Gasteiger partial charge on any atom is 0.192 e. The van der Waals surface area contributed by atoms with Crippen LogP contribution < -0.4 is 0 Å². The van der Waals surface area contributed by atoms with Crippen LogP contribution in [0.4, 0.5) is 0 Å². The van der Waals surface area contributed by atoms with E-state index in [-0.39, 0.29) is 20.2 Å². The Hall–Kier alpha value is -4.14. The first-order valence-electron chi connectivity index (χ1n) is 31.4. The summed E-state index contributed by atoms with van der Waals surface area (Å²) in [7, 11) is -12.7. The van der Waals surface area contributed by atoms with Crippen LogP contribution in [0.5, 0.6) is 0 Å². The van der Waals surface area contributed by atoms with Crippen molar-refractivity contribution in [3.8, 4) is 69.1 Å². The van der Waals surface area contributed by atoms with Crippen molar-refractivity contribution in [2.75, 3.05) is 26.4 Å². The van der Waals surface area contributed by atoms with Gasteiger partial charge in [-0.1, -0.05) is 221 Å². The van der Waals surface area contributed by atoms with E-state index in [9.17, 15) is 0 Å². The van der Waals surface area contributed by atoms with E-state index in [4.69, 9.17) is 27.7 Å². The summed E-state index contributed by atoms with van der Waals surface area (Å²) in [6.45, 7) is 61.3. The Morgan fingerprint density at radius 3 is 0.821 bits per heavy atom. The normalized spacial score (nSPS) is 13.8. The summed E-state index contributed by atoms with van der Waals surface area (Å²) < 4.78 is 28.4. The van der Waals surface area contributed by atoms with Crippen molar-refractivity contribution in [3.05, 3.63) is 106 Å². The molecule has 0 saturated heterocycles. The van der Waals surface area contributed by atoms with E-state index < -0.39 is 49.4 Å². The molecule has 0 bridgehead atoms. The molecule has 0 aliphatic heterocycles. The SMILES string of the molecule is CC[Si](C#C/C(CO[Si](C)(C)C(C)(C)C)=C(/C#Cc1ccc(C#C/C(CO[Si](C)(C)C(C)(C)C)=C(/C#C[Si](CC)(CC)CC)CO[Si](C)(C)C(C)(C)C)c2nc(-c3ccccc3)c(-c3ccccc3)nc12)CO[Si](C)(C)C(C)(C)C)(CC)CC. The van der Waals surface area contributed by atoms with Crippen molar-refractivity contribution < 1.29 is 17.7 Å². The van der Waals surface area contributed by atoms with Gasteiger partial charge in [0.25, 0.3) is 0 Å². The standard InChI is InChI=1S/C72H110N2O4Si6/c1-27-83(28-2,29-3)51-49-63(55-77-81(23,24)71(13,14)15)61(53-75-79(19,20)69(7,8)9)47-45-59-43-44-60(68-67(59)73-65(57-39-35-33-36-40-57)66(74-68)58-41-37-34-38-42-58)46-48-62(54-76-80(21,22)70(10,11)12)64(50-52-84(30-4,31-5)32-6)56-78-82(25,26)72(16,17)18/h33-44H,27-32,53-56H2,1-26H3/b63-61+,64-62+. The molecule has 4 rings (SSSR count). The van der Waals surface area contributed by atoms with E-state index in [2.05, 4.69) is 284 Å². The van der Waals surface area contributed by atoms with E-state index in [1.54, 1.807) is 0 Å². The van der Waals surface area contributed by atoms with E-state index in [1.165, 1.54) is 0 Å². The zero-order valence-electron chi connectivity index (χ0n) is 57.5. The predicted octanol–water partition coefficient (Wildman–Crippen LogP) is 20.4. The number of benzene rings is 3. The summed E-state index contributed by atoms with van der Waals surface area (Å²) >= 11 is 0. The van der Waals surface area contributed by atoms with Crippen molar-refractivity contribution >= 4 is 60.5 Å². The minimum absolute atomic E-state index is 0.00940. The Balaban J connectivity index is 2.30. The zero-order valence-corrected chi connectivity index (χ0v) is 63.5. The van der Waals surface area contributed by atoms with Gasteiger partial charge in [0, 0.05) is 33.4 Å². The third-order valence-electron chi connectivity index (χ3n) is 19.9. The van der Waals surface area contributed by atoms with Crippen LogP contribution in [-0.4, -0.2) is 85.8 Å². The minimum atomic E-state index is -2.26. The van der Waals surface area contributed by atoms with E-state index >= 15 is 0 Å². The van der Waals surface area contributed by atoms with Gasteiger partial charge in [-0.15, -0.1) is 11.1 Å². The average Bonchev–Trinajstić information content (AvgIpc) is 2.69. The molecule has 6 nitrogen and oxygen atoms in total.